The summed E-state index contributed by atoms with van der Waals surface area (Å²) in [4.78, 5) is 19.9. The number of pyridine rings is 2. The van der Waals surface area contributed by atoms with Gasteiger partial charge in [-0.3, -0.25) is 4.79 Å². The Morgan fingerprint density at radius 2 is 2.00 bits per heavy atom. The van der Waals surface area contributed by atoms with E-state index in [-0.39, 0.29) is 11.5 Å². The smallest absolute Gasteiger partial charge is 0.305 e. The van der Waals surface area contributed by atoms with E-state index >= 15 is 0 Å². The number of carbonyl (C=O) groups is 1. The molecule has 25 heavy (non-hydrogen) atoms. The van der Waals surface area contributed by atoms with E-state index in [1.807, 2.05) is 0 Å². The molecule has 0 aromatic carbocycles. The highest BCUT2D eigenvalue weighted by molar-refractivity contribution is 6.02. The van der Waals surface area contributed by atoms with Crippen LogP contribution in [0.5, 0.6) is 0 Å². The SMILES string of the molecule is Cc1cccc(NC(=O)c2cn(-c3ccc(C(F)(F)F)cn3)nn2)n1. The zero-order chi connectivity index (χ0) is 18.0. The van der Waals surface area contributed by atoms with Gasteiger partial charge in [-0.25, -0.2) is 14.6 Å². The lowest BCUT2D eigenvalue weighted by Crippen LogP contribution is -2.13. The van der Waals surface area contributed by atoms with Crippen molar-refractivity contribution in [1.29, 1.82) is 0 Å². The lowest BCUT2D eigenvalue weighted by molar-refractivity contribution is -0.137. The number of nitrogens with zero attached hydrogens (tertiary/aromatic N) is 5. The Bertz CT molecular complexity index is 904. The van der Waals surface area contributed by atoms with Gasteiger partial charge in [0.2, 0.25) is 0 Å². The standard InChI is InChI=1S/C15H11F3N6O/c1-9-3-2-4-12(20-9)21-14(25)11-8-24(23-22-11)13-6-5-10(7-19-13)15(16,17)18/h2-8H,1H3,(H,20,21,25). The molecule has 0 unspecified atom stereocenters. The van der Waals surface area contributed by atoms with Crippen LogP contribution in [-0.2, 0) is 6.18 Å². The Hall–Kier alpha value is -3.30. The number of rotatable bonds is 3. The predicted octanol–water partition coefficient (Wildman–Crippen LogP) is 2.64. The highest BCUT2D eigenvalue weighted by atomic mass is 19.4. The number of hydrogen-bond donors (Lipinski definition) is 1. The van der Waals surface area contributed by atoms with Crippen LogP contribution < -0.4 is 5.32 Å². The molecule has 0 saturated heterocycles. The maximum absolute atomic E-state index is 12.5. The Balaban J connectivity index is 1.76. The van der Waals surface area contributed by atoms with Gasteiger partial charge >= 0.3 is 6.18 Å². The number of aryl methyl sites for hydroxylation is 1. The first-order valence-corrected chi connectivity index (χ1v) is 7.04. The first-order chi connectivity index (χ1) is 11.8. The fraction of sp³-hybridized carbons (Fsp3) is 0.133. The van der Waals surface area contributed by atoms with E-state index in [0.29, 0.717) is 12.0 Å². The number of amides is 1. The molecule has 0 aliphatic carbocycles. The maximum atomic E-state index is 12.5. The third-order valence-electron chi connectivity index (χ3n) is 3.17. The van der Waals surface area contributed by atoms with Crippen LogP contribution in [0.2, 0.25) is 0 Å². The van der Waals surface area contributed by atoms with Crippen LogP contribution in [0.25, 0.3) is 5.82 Å². The summed E-state index contributed by atoms with van der Waals surface area (Å²) in [6.07, 6.45) is -2.52. The fourth-order valence-electron chi connectivity index (χ4n) is 1.96. The summed E-state index contributed by atoms with van der Waals surface area (Å²) in [5, 5.41) is 9.95. The summed E-state index contributed by atoms with van der Waals surface area (Å²) in [6.45, 7) is 1.78. The molecule has 10 heteroatoms. The molecule has 0 spiro atoms. The number of halogens is 3. The van der Waals surface area contributed by atoms with Gasteiger partial charge in [0.15, 0.2) is 11.5 Å². The van der Waals surface area contributed by atoms with Gasteiger partial charge in [-0.05, 0) is 31.2 Å². The van der Waals surface area contributed by atoms with Gasteiger partial charge in [0.25, 0.3) is 5.91 Å². The molecule has 3 heterocycles. The minimum absolute atomic E-state index is 0.0231. The van der Waals surface area contributed by atoms with E-state index < -0.39 is 17.6 Å². The highest BCUT2D eigenvalue weighted by Crippen LogP contribution is 2.28. The molecule has 0 fully saturated rings. The number of alkyl halides is 3. The van der Waals surface area contributed by atoms with Crippen molar-refractivity contribution in [2.75, 3.05) is 5.32 Å². The predicted molar refractivity (Wildman–Crippen MR) is 81.1 cm³/mol. The van der Waals surface area contributed by atoms with E-state index in [1.165, 1.54) is 6.20 Å². The molecule has 0 radical (unpaired) electrons. The van der Waals surface area contributed by atoms with Gasteiger partial charge in [0, 0.05) is 11.9 Å². The van der Waals surface area contributed by atoms with Crippen LogP contribution in [0.15, 0.2) is 42.7 Å². The quantitative estimate of drug-likeness (QED) is 0.786. The Kier molecular flexibility index (Phi) is 4.17. The third-order valence-corrected chi connectivity index (χ3v) is 3.17. The van der Waals surface area contributed by atoms with Gasteiger partial charge < -0.3 is 5.32 Å². The van der Waals surface area contributed by atoms with Crippen molar-refractivity contribution in [3.8, 4) is 5.82 Å². The van der Waals surface area contributed by atoms with Gasteiger partial charge in [-0.15, -0.1) is 5.10 Å². The van der Waals surface area contributed by atoms with Crippen molar-refractivity contribution < 1.29 is 18.0 Å². The highest BCUT2D eigenvalue weighted by Gasteiger charge is 2.30. The second kappa shape index (κ2) is 6.30. The summed E-state index contributed by atoms with van der Waals surface area (Å²) in [5.41, 5.74) is -0.166. The molecule has 3 rings (SSSR count). The van der Waals surface area contributed by atoms with Crippen molar-refractivity contribution in [2.45, 2.75) is 13.1 Å². The first-order valence-electron chi connectivity index (χ1n) is 7.04. The largest absolute Gasteiger partial charge is 0.417 e. The van der Waals surface area contributed by atoms with E-state index in [4.69, 9.17) is 0 Å². The van der Waals surface area contributed by atoms with E-state index in [2.05, 4.69) is 25.6 Å². The van der Waals surface area contributed by atoms with E-state index in [9.17, 15) is 18.0 Å². The van der Waals surface area contributed by atoms with Crippen molar-refractivity contribution >= 4 is 11.7 Å². The van der Waals surface area contributed by atoms with Crippen LogP contribution in [-0.4, -0.2) is 30.9 Å². The van der Waals surface area contributed by atoms with Gasteiger partial charge in [0.05, 0.1) is 11.8 Å². The van der Waals surface area contributed by atoms with Crippen molar-refractivity contribution in [3.63, 3.8) is 0 Å². The van der Waals surface area contributed by atoms with Gasteiger partial charge in [-0.1, -0.05) is 11.3 Å². The number of aromatic nitrogens is 5. The number of anilines is 1. The monoisotopic (exact) mass is 348 g/mol. The number of hydrogen-bond acceptors (Lipinski definition) is 5. The zero-order valence-corrected chi connectivity index (χ0v) is 12.8. The molecule has 0 aliphatic heterocycles. The Morgan fingerprint density at radius 3 is 2.64 bits per heavy atom. The maximum Gasteiger partial charge on any atom is 0.417 e. The molecule has 0 aliphatic rings. The molecule has 1 N–H and O–H groups in total. The zero-order valence-electron chi connectivity index (χ0n) is 12.8. The van der Waals surface area contributed by atoms with E-state index in [1.54, 1.807) is 25.1 Å². The van der Waals surface area contributed by atoms with Crippen molar-refractivity contribution in [2.24, 2.45) is 0 Å². The summed E-state index contributed by atoms with van der Waals surface area (Å²) in [5.74, 6) is -0.0864. The summed E-state index contributed by atoms with van der Waals surface area (Å²) in [6, 6.07) is 7.15. The van der Waals surface area contributed by atoms with Crippen molar-refractivity contribution in [3.05, 3.63) is 59.7 Å². The Morgan fingerprint density at radius 1 is 1.20 bits per heavy atom. The van der Waals surface area contributed by atoms with Crippen LogP contribution >= 0.6 is 0 Å². The summed E-state index contributed by atoms with van der Waals surface area (Å²) >= 11 is 0. The lowest BCUT2D eigenvalue weighted by atomic mass is 10.3. The number of carbonyl (C=O) groups excluding carboxylic acids is 1. The van der Waals surface area contributed by atoms with Crippen LogP contribution in [0.1, 0.15) is 21.7 Å². The minimum atomic E-state index is -4.47. The molecule has 3 aromatic heterocycles. The summed E-state index contributed by atoms with van der Waals surface area (Å²) in [7, 11) is 0. The fourth-order valence-corrected chi connectivity index (χ4v) is 1.96. The second-order valence-electron chi connectivity index (χ2n) is 5.07. The van der Waals surface area contributed by atoms with Gasteiger partial charge in [0.1, 0.15) is 5.82 Å². The van der Waals surface area contributed by atoms with Crippen molar-refractivity contribution in [1.82, 2.24) is 25.0 Å². The molecule has 0 saturated carbocycles. The Labute approximate surface area is 139 Å². The van der Waals surface area contributed by atoms with Crippen LogP contribution in [0, 0.1) is 6.92 Å². The second-order valence-corrected chi connectivity index (χ2v) is 5.07. The molecule has 3 aromatic rings. The van der Waals surface area contributed by atoms with E-state index in [0.717, 1.165) is 22.5 Å². The van der Waals surface area contributed by atoms with Crippen LogP contribution in [0.3, 0.4) is 0 Å². The summed E-state index contributed by atoms with van der Waals surface area (Å²) < 4.78 is 38.7. The molecule has 128 valence electrons. The minimum Gasteiger partial charge on any atom is -0.305 e. The molecular weight excluding hydrogens is 337 g/mol. The third kappa shape index (κ3) is 3.79. The molecular formula is C15H11F3N6O. The lowest BCUT2D eigenvalue weighted by Gasteiger charge is -2.06. The number of nitrogens with one attached hydrogen (secondary N) is 1. The molecule has 0 atom stereocenters. The molecule has 1 amide bonds. The average molecular weight is 348 g/mol. The van der Waals surface area contributed by atoms with Crippen LogP contribution in [0.4, 0.5) is 19.0 Å². The normalized spacial score (nSPS) is 11.4. The first kappa shape index (κ1) is 16.6. The topological polar surface area (TPSA) is 85.6 Å². The molecule has 0 bridgehead atoms. The molecule has 7 nitrogen and oxygen atoms in total. The average Bonchev–Trinajstić information content (AvgIpc) is 3.04. The van der Waals surface area contributed by atoms with Gasteiger partial charge in [-0.2, -0.15) is 13.2 Å².